The van der Waals surface area contributed by atoms with Crippen LogP contribution in [0.3, 0.4) is 0 Å². The van der Waals surface area contributed by atoms with Gasteiger partial charge in [-0.15, -0.1) is 0 Å². The number of nitrogens with two attached hydrogens (primary N) is 1. The molecule has 0 unspecified atom stereocenters. The molecule has 5 heteroatoms. The van der Waals surface area contributed by atoms with Crippen molar-refractivity contribution in [2.24, 2.45) is 0 Å². The zero-order chi connectivity index (χ0) is 10.1. The summed E-state index contributed by atoms with van der Waals surface area (Å²) in [6.07, 6.45) is 0. The molecular weight excluding hydrogens is 246 g/mol. The van der Waals surface area contributed by atoms with E-state index in [1.807, 2.05) is 25.1 Å². The first kappa shape index (κ1) is 9.21. The highest BCUT2D eigenvalue weighted by atomic mass is 79.9. The fraction of sp³-hybridized carbons (Fsp3) is 0.111. The molecule has 0 aliphatic rings. The van der Waals surface area contributed by atoms with Crippen LogP contribution in [-0.4, -0.2) is 10.1 Å². The molecule has 2 aromatic rings. The number of anilines is 1. The van der Waals surface area contributed by atoms with Crippen LogP contribution >= 0.6 is 15.9 Å². The number of aryl methyl sites for hydroxylation is 1. The van der Waals surface area contributed by atoms with Crippen molar-refractivity contribution < 1.29 is 4.52 Å². The number of benzene rings is 1. The monoisotopic (exact) mass is 253 g/mol. The van der Waals surface area contributed by atoms with E-state index in [0.29, 0.717) is 5.82 Å². The van der Waals surface area contributed by atoms with Crippen molar-refractivity contribution in [3.63, 3.8) is 0 Å². The lowest BCUT2D eigenvalue weighted by Gasteiger charge is -2.00. The molecule has 0 fully saturated rings. The maximum Gasteiger partial charge on any atom is 0.319 e. The molecule has 0 atom stereocenters. The molecule has 0 spiro atoms. The van der Waals surface area contributed by atoms with E-state index < -0.39 is 0 Å². The summed E-state index contributed by atoms with van der Waals surface area (Å²) in [4.78, 5) is 3.96. The predicted octanol–water partition coefficient (Wildman–Crippen LogP) is 2.39. The molecule has 0 saturated carbocycles. The van der Waals surface area contributed by atoms with Crippen molar-refractivity contribution in [3.8, 4) is 11.4 Å². The Hall–Kier alpha value is -1.36. The van der Waals surface area contributed by atoms with E-state index in [1.165, 1.54) is 0 Å². The molecule has 0 bridgehead atoms. The minimum absolute atomic E-state index is 0.0855. The molecule has 1 aromatic heterocycles. The smallest absolute Gasteiger partial charge is 0.319 e. The van der Waals surface area contributed by atoms with Gasteiger partial charge in [0.1, 0.15) is 0 Å². The van der Waals surface area contributed by atoms with Crippen molar-refractivity contribution in [2.45, 2.75) is 6.92 Å². The normalized spacial score (nSPS) is 10.4. The topological polar surface area (TPSA) is 64.9 Å². The van der Waals surface area contributed by atoms with Gasteiger partial charge in [0.05, 0.1) is 0 Å². The molecule has 72 valence electrons. The van der Waals surface area contributed by atoms with Crippen LogP contribution in [-0.2, 0) is 0 Å². The van der Waals surface area contributed by atoms with Crippen molar-refractivity contribution in [3.05, 3.63) is 28.2 Å². The number of hydrogen-bond acceptors (Lipinski definition) is 4. The molecule has 0 aliphatic carbocycles. The average Bonchev–Trinajstić information content (AvgIpc) is 2.51. The maximum atomic E-state index is 5.35. The number of nitrogens with zero attached hydrogens (tertiary/aromatic N) is 2. The Morgan fingerprint density at radius 2 is 2.21 bits per heavy atom. The standard InChI is InChI=1S/C9H8BrN3O/c1-5-4-6(10)2-3-7(5)8-12-9(11)14-13-8/h2-4H,1H3,(H2,11,12,13). The highest BCUT2D eigenvalue weighted by Gasteiger charge is 2.08. The highest BCUT2D eigenvalue weighted by Crippen LogP contribution is 2.23. The van der Waals surface area contributed by atoms with Crippen LogP contribution in [0.5, 0.6) is 0 Å². The van der Waals surface area contributed by atoms with E-state index in [-0.39, 0.29) is 6.01 Å². The second-order valence-corrected chi connectivity index (χ2v) is 3.83. The van der Waals surface area contributed by atoms with Crippen molar-refractivity contribution in [1.29, 1.82) is 0 Å². The third-order valence-corrected chi connectivity index (χ3v) is 2.36. The molecule has 0 aliphatic heterocycles. The predicted molar refractivity (Wildman–Crippen MR) is 56.6 cm³/mol. The van der Waals surface area contributed by atoms with E-state index in [1.54, 1.807) is 0 Å². The minimum Gasteiger partial charge on any atom is -0.351 e. The molecule has 1 heterocycles. The zero-order valence-corrected chi connectivity index (χ0v) is 9.08. The molecule has 2 N–H and O–H groups in total. The molecular formula is C9H8BrN3O. The number of hydrogen-bond donors (Lipinski definition) is 1. The van der Waals surface area contributed by atoms with Crippen molar-refractivity contribution >= 4 is 21.9 Å². The Balaban J connectivity index is 2.52. The molecule has 4 nitrogen and oxygen atoms in total. The van der Waals surface area contributed by atoms with E-state index in [0.717, 1.165) is 15.6 Å². The van der Waals surface area contributed by atoms with E-state index in [9.17, 15) is 0 Å². The van der Waals surface area contributed by atoms with Gasteiger partial charge in [-0.3, -0.25) is 0 Å². The summed E-state index contributed by atoms with van der Waals surface area (Å²) < 4.78 is 5.73. The van der Waals surface area contributed by atoms with Crippen LogP contribution in [0, 0.1) is 6.92 Å². The first-order chi connectivity index (χ1) is 6.66. The average molecular weight is 254 g/mol. The van der Waals surface area contributed by atoms with Gasteiger partial charge in [-0.2, -0.15) is 4.98 Å². The van der Waals surface area contributed by atoms with Crippen molar-refractivity contribution in [1.82, 2.24) is 10.1 Å². The number of halogens is 1. The molecule has 2 rings (SSSR count). The Bertz CT molecular complexity index is 467. The zero-order valence-electron chi connectivity index (χ0n) is 7.49. The SMILES string of the molecule is Cc1cc(Br)ccc1-c1noc(N)n1. The molecule has 0 amide bonds. The summed E-state index contributed by atoms with van der Waals surface area (Å²) in [6.45, 7) is 1.98. The first-order valence-electron chi connectivity index (χ1n) is 4.02. The van der Waals surface area contributed by atoms with Crippen molar-refractivity contribution in [2.75, 3.05) is 5.73 Å². The van der Waals surface area contributed by atoms with Crippen LogP contribution in [0.15, 0.2) is 27.2 Å². The van der Waals surface area contributed by atoms with Gasteiger partial charge in [0.25, 0.3) is 0 Å². The van der Waals surface area contributed by atoms with Gasteiger partial charge in [-0.05, 0) is 30.7 Å². The summed E-state index contributed by atoms with van der Waals surface area (Å²) >= 11 is 3.39. The Kier molecular flexibility index (Phi) is 2.25. The fourth-order valence-electron chi connectivity index (χ4n) is 1.22. The molecule has 0 saturated heterocycles. The number of aromatic nitrogens is 2. The van der Waals surface area contributed by atoms with Gasteiger partial charge >= 0.3 is 6.01 Å². The molecule has 0 radical (unpaired) electrons. The lowest BCUT2D eigenvalue weighted by Crippen LogP contribution is -1.87. The van der Waals surface area contributed by atoms with Gasteiger partial charge in [-0.1, -0.05) is 21.1 Å². The van der Waals surface area contributed by atoms with Gasteiger partial charge in [0.15, 0.2) is 0 Å². The fourth-order valence-corrected chi connectivity index (χ4v) is 1.70. The number of rotatable bonds is 1. The summed E-state index contributed by atoms with van der Waals surface area (Å²) in [7, 11) is 0. The third kappa shape index (κ3) is 1.63. The van der Waals surface area contributed by atoms with E-state index in [2.05, 4.69) is 26.1 Å². The maximum absolute atomic E-state index is 5.35. The van der Waals surface area contributed by atoms with Gasteiger partial charge < -0.3 is 10.3 Å². The lowest BCUT2D eigenvalue weighted by molar-refractivity contribution is 0.437. The van der Waals surface area contributed by atoms with Crippen LogP contribution in [0.4, 0.5) is 6.01 Å². The molecule has 14 heavy (non-hydrogen) atoms. The van der Waals surface area contributed by atoms with E-state index in [4.69, 9.17) is 10.3 Å². The Morgan fingerprint density at radius 3 is 2.79 bits per heavy atom. The third-order valence-electron chi connectivity index (χ3n) is 1.87. The summed E-state index contributed by atoms with van der Waals surface area (Å²) in [5.74, 6) is 0.521. The van der Waals surface area contributed by atoms with Crippen LogP contribution in [0.1, 0.15) is 5.56 Å². The minimum atomic E-state index is 0.0855. The van der Waals surface area contributed by atoms with Crippen LogP contribution in [0.25, 0.3) is 11.4 Å². The Labute approximate surface area is 89.2 Å². The van der Waals surface area contributed by atoms with Gasteiger partial charge in [0, 0.05) is 10.0 Å². The summed E-state index contributed by atoms with van der Waals surface area (Å²) in [6, 6.07) is 5.92. The van der Waals surface area contributed by atoms with E-state index >= 15 is 0 Å². The van der Waals surface area contributed by atoms with Crippen LogP contribution < -0.4 is 5.73 Å². The second-order valence-electron chi connectivity index (χ2n) is 2.92. The van der Waals surface area contributed by atoms with Gasteiger partial charge in [0.2, 0.25) is 5.82 Å². The van der Waals surface area contributed by atoms with Gasteiger partial charge in [-0.25, -0.2) is 0 Å². The largest absolute Gasteiger partial charge is 0.351 e. The summed E-state index contributed by atoms with van der Waals surface area (Å²) in [5, 5.41) is 3.75. The quantitative estimate of drug-likeness (QED) is 0.848. The molecule has 1 aromatic carbocycles. The number of nitrogen functional groups attached to an aromatic ring is 1. The second kappa shape index (κ2) is 3.42. The highest BCUT2D eigenvalue weighted by molar-refractivity contribution is 9.10. The van der Waals surface area contributed by atoms with Crippen LogP contribution in [0.2, 0.25) is 0 Å². The first-order valence-corrected chi connectivity index (χ1v) is 4.82. The Morgan fingerprint density at radius 1 is 1.43 bits per heavy atom. The summed E-state index contributed by atoms with van der Waals surface area (Å²) in [5.41, 5.74) is 7.34. The lowest BCUT2D eigenvalue weighted by atomic mass is 10.1.